The molecule has 0 aromatic rings. The topological polar surface area (TPSA) is 15.3 Å². The molecule has 2 heteroatoms. The molecule has 0 radical (unpaired) electrons. The normalized spacial score (nSPS) is 19.7. The lowest BCUT2D eigenvalue weighted by atomic mass is 9.80. The van der Waals surface area contributed by atoms with Gasteiger partial charge in [-0.2, -0.15) is 0 Å². The summed E-state index contributed by atoms with van der Waals surface area (Å²) in [5.74, 6) is 1.70. The highest BCUT2D eigenvalue weighted by atomic mass is 15.1. The van der Waals surface area contributed by atoms with E-state index < -0.39 is 0 Å². The Balaban J connectivity index is 0.00000154. The van der Waals surface area contributed by atoms with E-state index in [0.29, 0.717) is 5.54 Å². The van der Waals surface area contributed by atoms with Gasteiger partial charge in [0.2, 0.25) is 0 Å². The third kappa shape index (κ3) is 7.31. The molecule has 1 aliphatic heterocycles. The van der Waals surface area contributed by atoms with Gasteiger partial charge in [-0.3, -0.25) is 0 Å². The zero-order valence-corrected chi connectivity index (χ0v) is 14.6. The van der Waals surface area contributed by atoms with Gasteiger partial charge in [0.15, 0.2) is 0 Å². The van der Waals surface area contributed by atoms with Crippen LogP contribution < -0.4 is 5.32 Å². The van der Waals surface area contributed by atoms with E-state index in [1.165, 1.54) is 45.3 Å². The van der Waals surface area contributed by atoms with E-state index in [0.717, 1.165) is 11.8 Å². The molecule has 0 aliphatic carbocycles. The Hall–Kier alpha value is -0.0800. The first-order valence-corrected chi connectivity index (χ1v) is 8.39. The first-order valence-electron chi connectivity index (χ1n) is 8.39. The van der Waals surface area contributed by atoms with Crippen LogP contribution in [-0.4, -0.2) is 37.1 Å². The van der Waals surface area contributed by atoms with Crippen LogP contribution in [0, 0.1) is 11.8 Å². The Morgan fingerprint density at radius 2 is 1.74 bits per heavy atom. The molecule has 0 saturated carbocycles. The lowest BCUT2D eigenvalue weighted by Crippen LogP contribution is -2.50. The monoisotopic (exact) mass is 270 g/mol. The van der Waals surface area contributed by atoms with Crippen molar-refractivity contribution < 1.29 is 0 Å². The Morgan fingerprint density at radius 1 is 1.21 bits per heavy atom. The van der Waals surface area contributed by atoms with Gasteiger partial charge in [-0.05, 0) is 71.6 Å². The molecule has 1 aliphatic rings. The van der Waals surface area contributed by atoms with Crippen LogP contribution in [0.3, 0.4) is 0 Å². The molecule has 116 valence electrons. The Morgan fingerprint density at radius 3 is 2.21 bits per heavy atom. The highest BCUT2D eigenvalue weighted by molar-refractivity contribution is 4.89. The van der Waals surface area contributed by atoms with Crippen LogP contribution in [0.2, 0.25) is 0 Å². The molecule has 0 aromatic carbocycles. The van der Waals surface area contributed by atoms with E-state index >= 15 is 0 Å². The molecule has 1 unspecified atom stereocenters. The van der Waals surface area contributed by atoms with E-state index in [1.54, 1.807) is 0 Å². The first kappa shape index (κ1) is 18.9. The Bertz CT molecular complexity index is 205. The lowest BCUT2D eigenvalue weighted by Gasteiger charge is -2.40. The summed E-state index contributed by atoms with van der Waals surface area (Å²) >= 11 is 0. The summed E-state index contributed by atoms with van der Waals surface area (Å²) in [5.41, 5.74) is 0.314. The number of piperidine rings is 1. The van der Waals surface area contributed by atoms with Crippen molar-refractivity contribution in [1.82, 2.24) is 10.2 Å². The van der Waals surface area contributed by atoms with Gasteiger partial charge in [-0.25, -0.2) is 0 Å². The number of rotatable bonds is 6. The third-order valence-electron chi connectivity index (χ3n) is 4.65. The largest absolute Gasteiger partial charge is 0.312 e. The zero-order valence-electron chi connectivity index (χ0n) is 14.6. The highest BCUT2D eigenvalue weighted by Gasteiger charge is 2.31. The van der Waals surface area contributed by atoms with Crippen LogP contribution in [0.25, 0.3) is 0 Å². The maximum atomic E-state index is 3.79. The molecule has 1 rings (SSSR count). The van der Waals surface area contributed by atoms with Gasteiger partial charge in [0.25, 0.3) is 0 Å². The molecular weight excluding hydrogens is 232 g/mol. The summed E-state index contributed by atoms with van der Waals surface area (Å²) in [7, 11) is 2.24. The first-order chi connectivity index (χ1) is 8.95. The minimum absolute atomic E-state index is 0.314. The van der Waals surface area contributed by atoms with Gasteiger partial charge < -0.3 is 10.2 Å². The maximum Gasteiger partial charge on any atom is 0.0154 e. The summed E-state index contributed by atoms with van der Waals surface area (Å²) < 4.78 is 0. The SMILES string of the molecule is CC.CCC(C)CCNC(C)(C)C1CCN(C)CC1. The van der Waals surface area contributed by atoms with Crippen molar-refractivity contribution in [2.45, 2.75) is 72.8 Å². The molecule has 0 aromatic heterocycles. The molecule has 19 heavy (non-hydrogen) atoms. The van der Waals surface area contributed by atoms with Crippen molar-refractivity contribution in [1.29, 1.82) is 0 Å². The van der Waals surface area contributed by atoms with Gasteiger partial charge in [0, 0.05) is 5.54 Å². The van der Waals surface area contributed by atoms with Crippen molar-refractivity contribution in [3.8, 4) is 0 Å². The van der Waals surface area contributed by atoms with Crippen molar-refractivity contribution in [3.05, 3.63) is 0 Å². The summed E-state index contributed by atoms with van der Waals surface area (Å²) in [5, 5.41) is 3.79. The molecule has 1 N–H and O–H groups in total. The molecular formula is C17H38N2. The van der Waals surface area contributed by atoms with E-state index in [2.05, 4.69) is 45.0 Å². The van der Waals surface area contributed by atoms with Crippen LogP contribution in [0.1, 0.15) is 67.2 Å². The number of hydrogen-bond acceptors (Lipinski definition) is 2. The van der Waals surface area contributed by atoms with Crippen LogP contribution in [0.4, 0.5) is 0 Å². The van der Waals surface area contributed by atoms with Crippen LogP contribution in [0.5, 0.6) is 0 Å². The highest BCUT2D eigenvalue weighted by Crippen LogP contribution is 2.27. The maximum absolute atomic E-state index is 3.79. The second-order valence-electron chi connectivity index (χ2n) is 6.53. The van der Waals surface area contributed by atoms with Gasteiger partial charge in [0.1, 0.15) is 0 Å². The van der Waals surface area contributed by atoms with Gasteiger partial charge in [-0.15, -0.1) is 0 Å². The summed E-state index contributed by atoms with van der Waals surface area (Å²) in [4.78, 5) is 2.45. The molecule has 0 spiro atoms. The molecule has 0 bridgehead atoms. The second-order valence-corrected chi connectivity index (χ2v) is 6.53. The molecule has 0 amide bonds. The fourth-order valence-corrected chi connectivity index (χ4v) is 2.72. The van der Waals surface area contributed by atoms with Crippen LogP contribution in [0.15, 0.2) is 0 Å². The molecule has 2 nitrogen and oxygen atoms in total. The van der Waals surface area contributed by atoms with Gasteiger partial charge in [0.05, 0.1) is 0 Å². The number of hydrogen-bond donors (Lipinski definition) is 1. The van der Waals surface area contributed by atoms with E-state index in [9.17, 15) is 0 Å². The molecule has 1 fully saturated rings. The lowest BCUT2D eigenvalue weighted by molar-refractivity contribution is 0.141. The van der Waals surface area contributed by atoms with E-state index in [-0.39, 0.29) is 0 Å². The fourth-order valence-electron chi connectivity index (χ4n) is 2.72. The third-order valence-corrected chi connectivity index (χ3v) is 4.65. The van der Waals surface area contributed by atoms with Crippen molar-refractivity contribution in [2.24, 2.45) is 11.8 Å². The van der Waals surface area contributed by atoms with Crippen LogP contribution in [-0.2, 0) is 0 Å². The molecule has 1 atom stereocenters. The number of likely N-dealkylation sites (tertiary alicyclic amines) is 1. The average molecular weight is 271 g/mol. The minimum Gasteiger partial charge on any atom is -0.312 e. The predicted molar refractivity (Wildman–Crippen MR) is 87.7 cm³/mol. The van der Waals surface area contributed by atoms with Crippen molar-refractivity contribution in [3.63, 3.8) is 0 Å². The van der Waals surface area contributed by atoms with E-state index in [4.69, 9.17) is 0 Å². The minimum atomic E-state index is 0.314. The van der Waals surface area contributed by atoms with Gasteiger partial charge in [-0.1, -0.05) is 34.1 Å². The number of nitrogens with zero attached hydrogens (tertiary/aromatic N) is 1. The van der Waals surface area contributed by atoms with E-state index in [1.807, 2.05) is 13.8 Å². The quantitative estimate of drug-likeness (QED) is 0.779. The summed E-state index contributed by atoms with van der Waals surface area (Å²) in [6.45, 7) is 17.1. The van der Waals surface area contributed by atoms with Crippen LogP contribution >= 0.6 is 0 Å². The van der Waals surface area contributed by atoms with Crippen molar-refractivity contribution >= 4 is 0 Å². The average Bonchev–Trinajstić information content (AvgIpc) is 2.41. The summed E-state index contributed by atoms with van der Waals surface area (Å²) in [6, 6.07) is 0. The zero-order chi connectivity index (χ0) is 14.9. The predicted octanol–water partition coefficient (Wildman–Crippen LogP) is 4.16. The smallest absolute Gasteiger partial charge is 0.0154 e. The molecule has 1 heterocycles. The Kier molecular flexibility index (Phi) is 9.72. The van der Waals surface area contributed by atoms with Gasteiger partial charge >= 0.3 is 0 Å². The standard InChI is InChI=1S/C15H32N2.C2H6/c1-6-13(2)7-10-16-15(3,4)14-8-11-17(5)12-9-14;1-2/h13-14,16H,6-12H2,1-5H3;1-2H3. The fraction of sp³-hybridized carbons (Fsp3) is 1.00. The second kappa shape index (κ2) is 9.77. The number of nitrogens with one attached hydrogen (secondary N) is 1. The molecule has 1 saturated heterocycles. The summed E-state index contributed by atoms with van der Waals surface area (Å²) in [6.07, 6.45) is 5.31. The Labute approximate surface area is 122 Å². The van der Waals surface area contributed by atoms with Crippen molar-refractivity contribution in [2.75, 3.05) is 26.7 Å².